The molecule has 20 heavy (non-hydrogen) atoms. The molecule has 0 aliphatic carbocycles. The molecular weight excluding hydrogens is 323 g/mol. The summed E-state index contributed by atoms with van der Waals surface area (Å²) in [4.78, 5) is -0.398. The third-order valence-corrected chi connectivity index (χ3v) is 6.65. The number of benzene rings is 1. The van der Waals surface area contributed by atoms with Crippen LogP contribution in [0.2, 0.25) is 5.02 Å². The first-order chi connectivity index (χ1) is 9.37. The van der Waals surface area contributed by atoms with Crippen molar-refractivity contribution in [3.05, 3.63) is 28.5 Å². The fraction of sp³-hybridized carbons (Fsp3) is 0.500. The molecule has 0 amide bonds. The summed E-state index contributed by atoms with van der Waals surface area (Å²) in [6.07, 6.45) is 0.770. The maximum atomic E-state index is 14.2. The predicted molar refractivity (Wildman–Crippen MR) is 80.0 cm³/mol. The maximum Gasteiger partial charge on any atom is 0.246 e. The first-order valence-electron chi connectivity index (χ1n) is 6.11. The Hall–Kier alpha value is -0.340. The molecule has 0 radical (unpaired) electrons. The van der Waals surface area contributed by atoms with Crippen molar-refractivity contribution in [2.75, 3.05) is 18.6 Å². The summed E-state index contributed by atoms with van der Waals surface area (Å²) >= 11 is 7.55. The summed E-state index contributed by atoms with van der Waals surface area (Å²) in [6.45, 7) is -0.0993. The van der Waals surface area contributed by atoms with E-state index in [2.05, 4.69) is 0 Å². The van der Waals surface area contributed by atoms with Crippen molar-refractivity contribution in [3.8, 4) is 0 Å². The second kappa shape index (κ2) is 6.19. The van der Waals surface area contributed by atoms with Gasteiger partial charge in [-0.2, -0.15) is 16.1 Å². The largest absolute Gasteiger partial charge is 0.326 e. The molecule has 1 aliphatic rings. The van der Waals surface area contributed by atoms with Gasteiger partial charge in [0.15, 0.2) is 0 Å². The number of rotatable bonds is 4. The van der Waals surface area contributed by atoms with Gasteiger partial charge in [-0.05, 0) is 24.3 Å². The lowest BCUT2D eigenvalue weighted by Gasteiger charge is -2.23. The van der Waals surface area contributed by atoms with Crippen LogP contribution in [-0.2, 0) is 16.6 Å². The minimum atomic E-state index is -3.90. The van der Waals surface area contributed by atoms with Crippen LogP contribution in [0.1, 0.15) is 12.0 Å². The second-order valence-electron chi connectivity index (χ2n) is 4.62. The van der Waals surface area contributed by atoms with Crippen LogP contribution in [0, 0.1) is 5.82 Å². The Kier molecular flexibility index (Phi) is 4.96. The molecule has 0 saturated carbocycles. The summed E-state index contributed by atoms with van der Waals surface area (Å²) in [5.74, 6) is 0.826. The minimum Gasteiger partial charge on any atom is -0.326 e. The van der Waals surface area contributed by atoms with Gasteiger partial charge in [-0.25, -0.2) is 12.8 Å². The molecule has 4 nitrogen and oxygen atoms in total. The van der Waals surface area contributed by atoms with Crippen molar-refractivity contribution >= 4 is 33.4 Å². The molecule has 0 bridgehead atoms. The number of hydrogen-bond acceptors (Lipinski definition) is 4. The van der Waals surface area contributed by atoms with E-state index in [-0.39, 0.29) is 23.2 Å². The lowest BCUT2D eigenvalue weighted by Crippen LogP contribution is -2.37. The number of halogens is 2. The van der Waals surface area contributed by atoms with Gasteiger partial charge < -0.3 is 5.73 Å². The maximum absolute atomic E-state index is 14.2. The molecule has 1 unspecified atom stereocenters. The molecule has 1 saturated heterocycles. The predicted octanol–water partition coefficient (Wildman–Crippen LogP) is 2.06. The van der Waals surface area contributed by atoms with Crippen LogP contribution in [0.4, 0.5) is 4.39 Å². The molecule has 1 aliphatic heterocycles. The van der Waals surface area contributed by atoms with Crippen LogP contribution in [0.3, 0.4) is 0 Å². The van der Waals surface area contributed by atoms with Crippen molar-refractivity contribution in [2.45, 2.75) is 23.9 Å². The van der Waals surface area contributed by atoms with Gasteiger partial charge in [-0.15, -0.1) is 0 Å². The van der Waals surface area contributed by atoms with Gasteiger partial charge in [0, 0.05) is 36.0 Å². The highest BCUT2D eigenvalue weighted by molar-refractivity contribution is 7.99. The van der Waals surface area contributed by atoms with E-state index < -0.39 is 20.7 Å². The van der Waals surface area contributed by atoms with Gasteiger partial charge in [0.05, 0.1) is 0 Å². The molecule has 2 N–H and O–H groups in total. The summed E-state index contributed by atoms with van der Waals surface area (Å²) in [7, 11) is -2.42. The number of thioether (sulfide) groups is 1. The summed E-state index contributed by atoms with van der Waals surface area (Å²) < 4.78 is 40.6. The first kappa shape index (κ1) is 16.0. The highest BCUT2D eigenvalue weighted by Crippen LogP contribution is 2.30. The van der Waals surface area contributed by atoms with Crippen LogP contribution in [0.25, 0.3) is 0 Å². The van der Waals surface area contributed by atoms with E-state index in [4.69, 9.17) is 17.3 Å². The van der Waals surface area contributed by atoms with Gasteiger partial charge in [0.25, 0.3) is 0 Å². The average Bonchev–Trinajstić information content (AvgIpc) is 2.93. The fourth-order valence-electron chi connectivity index (χ4n) is 2.11. The summed E-state index contributed by atoms with van der Waals surface area (Å²) in [5.41, 5.74) is 5.52. The normalized spacial score (nSPS) is 19.8. The molecule has 0 spiro atoms. The SMILES string of the molecule is CN(C1CCSC1)S(=O)(=O)c1cc(Cl)cc(CN)c1F. The summed E-state index contributed by atoms with van der Waals surface area (Å²) in [6, 6.07) is 2.38. The smallest absolute Gasteiger partial charge is 0.246 e. The Balaban J connectivity index is 2.45. The van der Waals surface area contributed by atoms with Crippen LogP contribution >= 0.6 is 23.4 Å². The standard InChI is InChI=1S/C12H16ClFN2O2S2/c1-16(10-2-3-19-7-10)20(17,18)11-5-9(13)4-8(6-15)12(11)14/h4-5,10H,2-3,6-7,15H2,1H3. The number of hydrogen-bond donors (Lipinski definition) is 1. The molecule has 2 rings (SSSR count). The van der Waals surface area contributed by atoms with Gasteiger partial charge in [0.1, 0.15) is 10.7 Å². The molecule has 1 fully saturated rings. The zero-order valence-corrected chi connectivity index (χ0v) is 13.4. The van der Waals surface area contributed by atoms with E-state index in [1.54, 1.807) is 11.8 Å². The molecule has 0 aromatic heterocycles. The minimum absolute atomic E-state index is 0.0993. The molecule has 112 valence electrons. The van der Waals surface area contributed by atoms with Crippen LogP contribution < -0.4 is 5.73 Å². The second-order valence-corrected chi connectivity index (χ2v) is 8.17. The van der Waals surface area contributed by atoms with E-state index in [9.17, 15) is 12.8 Å². The van der Waals surface area contributed by atoms with Gasteiger partial charge in [-0.3, -0.25) is 0 Å². The Morgan fingerprint density at radius 1 is 1.55 bits per heavy atom. The Morgan fingerprint density at radius 3 is 2.80 bits per heavy atom. The lowest BCUT2D eigenvalue weighted by atomic mass is 10.2. The highest BCUT2D eigenvalue weighted by Gasteiger charge is 2.33. The van der Waals surface area contributed by atoms with Gasteiger partial charge >= 0.3 is 0 Å². The number of nitrogens with zero attached hydrogens (tertiary/aromatic N) is 1. The zero-order chi connectivity index (χ0) is 14.9. The topological polar surface area (TPSA) is 63.4 Å². The number of nitrogens with two attached hydrogens (primary N) is 1. The van der Waals surface area contributed by atoms with E-state index in [1.165, 1.54) is 17.4 Å². The third-order valence-electron chi connectivity index (χ3n) is 3.38. The van der Waals surface area contributed by atoms with Gasteiger partial charge in [-0.1, -0.05) is 11.6 Å². The van der Waals surface area contributed by atoms with Crippen LogP contribution in [0.5, 0.6) is 0 Å². The molecule has 1 aromatic rings. The van der Waals surface area contributed by atoms with Crippen LogP contribution in [0.15, 0.2) is 17.0 Å². The van der Waals surface area contributed by atoms with Crippen molar-refractivity contribution in [3.63, 3.8) is 0 Å². The monoisotopic (exact) mass is 338 g/mol. The van der Waals surface area contributed by atoms with E-state index >= 15 is 0 Å². The zero-order valence-electron chi connectivity index (χ0n) is 11.0. The van der Waals surface area contributed by atoms with Crippen molar-refractivity contribution < 1.29 is 12.8 Å². The third kappa shape index (κ3) is 2.96. The molecular formula is C12H16ClFN2O2S2. The quantitative estimate of drug-likeness (QED) is 0.912. The van der Waals surface area contributed by atoms with Crippen molar-refractivity contribution in [1.29, 1.82) is 0 Å². The molecule has 8 heteroatoms. The first-order valence-corrected chi connectivity index (χ1v) is 9.09. The van der Waals surface area contributed by atoms with Crippen LogP contribution in [-0.4, -0.2) is 37.3 Å². The Labute approximate surface area is 127 Å². The van der Waals surface area contributed by atoms with Crippen molar-refractivity contribution in [2.24, 2.45) is 5.73 Å². The molecule has 1 atom stereocenters. The van der Waals surface area contributed by atoms with E-state index in [0.717, 1.165) is 24.0 Å². The number of sulfonamides is 1. The Bertz CT molecular complexity index is 604. The van der Waals surface area contributed by atoms with Crippen molar-refractivity contribution in [1.82, 2.24) is 4.31 Å². The molecule has 1 aromatic carbocycles. The van der Waals surface area contributed by atoms with E-state index in [1.807, 2.05) is 0 Å². The molecule has 1 heterocycles. The lowest BCUT2D eigenvalue weighted by molar-refractivity contribution is 0.391. The Morgan fingerprint density at radius 2 is 2.25 bits per heavy atom. The van der Waals surface area contributed by atoms with E-state index in [0.29, 0.717) is 0 Å². The van der Waals surface area contributed by atoms with Gasteiger partial charge in [0.2, 0.25) is 10.0 Å². The fourth-order valence-corrected chi connectivity index (χ4v) is 5.30. The summed E-state index contributed by atoms with van der Waals surface area (Å²) in [5, 5.41) is 0.166. The highest BCUT2D eigenvalue weighted by atomic mass is 35.5. The average molecular weight is 339 g/mol.